The van der Waals surface area contributed by atoms with Gasteiger partial charge in [-0.1, -0.05) is 18.2 Å². The van der Waals surface area contributed by atoms with Crippen molar-refractivity contribution < 1.29 is 27.5 Å². The van der Waals surface area contributed by atoms with Gasteiger partial charge in [0.05, 0.1) is 17.2 Å². The SMILES string of the molecule is O=C(NOC1CCC(Oc2ccc3nnc(-c4ccccc4C(F)(F)F)n3n2)CC1)c1ccc(N2CCNCC2)nc1. The maximum atomic E-state index is 13.6. The average molecular weight is 583 g/mol. The largest absolute Gasteiger partial charge is 0.473 e. The summed E-state index contributed by atoms with van der Waals surface area (Å²) in [7, 11) is 0. The van der Waals surface area contributed by atoms with Crippen LogP contribution in [0.1, 0.15) is 41.6 Å². The number of benzene rings is 1. The van der Waals surface area contributed by atoms with Crippen molar-refractivity contribution >= 4 is 17.4 Å². The summed E-state index contributed by atoms with van der Waals surface area (Å²) < 4.78 is 48.1. The summed E-state index contributed by atoms with van der Waals surface area (Å²) in [6.45, 7) is 3.55. The minimum atomic E-state index is -4.55. The number of carbonyl (C=O) groups excluding carboxylic acids is 1. The summed E-state index contributed by atoms with van der Waals surface area (Å²) in [5.74, 6) is 0.710. The van der Waals surface area contributed by atoms with E-state index in [4.69, 9.17) is 9.57 Å². The molecule has 1 aliphatic carbocycles. The number of carbonyl (C=O) groups is 1. The summed E-state index contributed by atoms with van der Waals surface area (Å²) in [5.41, 5.74) is 2.31. The predicted molar refractivity (Wildman–Crippen MR) is 146 cm³/mol. The summed E-state index contributed by atoms with van der Waals surface area (Å²) in [6, 6.07) is 12.0. The van der Waals surface area contributed by atoms with E-state index in [1.807, 2.05) is 6.07 Å². The molecule has 6 rings (SSSR count). The van der Waals surface area contributed by atoms with Crippen LogP contribution in [-0.4, -0.2) is 69.1 Å². The van der Waals surface area contributed by atoms with Crippen LogP contribution < -0.4 is 20.4 Å². The molecule has 2 aliphatic rings. The Morgan fingerprint density at radius 1 is 0.952 bits per heavy atom. The van der Waals surface area contributed by atoms with Crippen molar-refractivity contribution in [3.05, 3.63) is 65.9 Å². The number of alkyl halides is 3. The molecular weight excluding hydrogens is 553 g/mol. The van der Waals surface area contributed by atoms with E-state index in [1.54, 1.807) is 24.4 Å². The number of pyridine rings is 1. The zero-order chi connectivity index (χ0) is 29.1. The summed E-state index contributed by atoms with van der Waals surface area (Å²) >= 11 is 0. The van der Waals surface area contributed by atoms with E-state index in [2.05, 4.69) is 36.0 Å². The van der Waals surface area contributed by atoms with Crippen LogP contribution in [0.2, 0.25) is 0 Å². The Bertz CT molecular complexity index is 1530. The van der Waals surface area contributed by atoms with Gasteiger partial charge in [-0.3, -0.25) is 9.63 Å². The van der Waals surface area contributed by atoms with E-state index in [0.29, 0.717) is 36.9 Å². The molecule has 3 aromatic heterocycles. The second-order valence-electron chi connectivity index (χ2n) is 10.2. The number of hydrogen-bond acceptors (Lipinski definition) is 9. The molecule has 1 aliphatic heterocycles. The van der Waals surface area contributed by atoms with Crippen molar-refractivity contribution in [2.75, 3.05) is 31.1 Å². The van der Waals surface area contributed by atoms with Gasteiger partial charge in [-0.05, 0) is 49.9 Å². The predicted octanol–water partition coefficient (Wildman–Crippen LogP) is 3.67. The molecule has 11 nitrogen and oxygen atoms in total. The van der Waals surface area contributed by atoms with Crippen LogP contribution in [0.5, 0.6) is 5.88 Å². The number of aromatic nitrogens is 5. The lowest BCUT2D eigenvalue weighted by atomic mass is 9.95. The monoisotopic (exact) mass is 582 g/mol. The Morgan fingerprint density at radius 2 is 1.71 bits per heavy atom. The van der Waals surface area contributed by atoms with Gasteiger partial charge in [0.1, 0.15) is 11.9 Å². The van der Waals surface area contributed by atoms with Crippen LogP contribution in [0.4, 0.5) is 19.0 Å². The van der Waals surface area contributed by atoms with Gasteiger partial charge < -0.3 is 15.0 Å². The quantitative estimate of drug-likeness (QED) is 0.315. The van der Waals surface area contributed by atoms with Gasteiger partial charge in [0.25, 0.3) is 5.91 Å². The van der Waals surface area contributed by atoms with Gasteiger partial charge in [0, 0.05) is 44.0 Å². The molecule has 2 N–H and O–H groups in total. The van der Waals surface area contributed by atoms with Gasteiger partial charge in [0.15, 0.2) is 11.5 Å². The van der Waals surface area contributed by atoms with Crippen LogP contribution in [0.15, 0.2) is 54.7 Å². The number of nitrogens with zero attached hydrogens (tertiary/aromatic N) is 6. The fourth-order valence-electron chi connectivity index (χ4n) is 5.16. The number of hydroxylamine groups is 1. The highest BCUT2D eigenvalue weighted by molar-refractivity contribution is 5.93. The highest BCUT2D eigenvalue weighted by Gasteiger charge is 2.35. The molecule has 0 spiro atoms. The second kappa shape index (κ2) is 11.9. The number of ether oxygens (including phenoxy) is 1. The molecule has 0 bridgehead atoms. The standard InChI is InChI=1S/C28H29F3N8O3/c29-28(30,31)22-4-2-1-3-21(22)26-35-34-24-11-12-25(36-39(24)26)41-19-6-8-20(9-7-19)42-37-27(40)18-5-10-23(33-17-18)38-15-13-32-14-16-38/h1-5,10-12,17,19-20,32H,6-9,13-16H2,(H,37,40). The number of rotatable bonds is 7. The molecule has 1 aromatic carbocycles. The summed E-state index contributed by atoms with van der Waals surface area (Å²) in [5, 5.41) is 15.6. The first-order valence-corrected chi connectivity index (χ1v) is 13.8. The molecule has 1 saturated carbocycles. The van der Waals surface area contributed by atoms with Crippen LogP contribution in [0, 0.1) is 0 Å². The first-order valence-electron chi connectivity index (χ1n) is 13.8. The maximum Gasteiger partial charge on any atom is 0.417 e. The topological polar surface area (TPSA) is 119 Å². The lowest BCUT2D eigenvalue weighted by Crippen LogP contribution is -2.43. The Labute approximate surface area is 239 Å². The number of halogens is 3. The Balaban J connectivity index is 1.02. The summed E-state index contributed by atoms with van der Waals surface area (Å²) in [4.78, 5) is 24.8. The van der Waals surface area contributed by atoms with E-state index in [0.717, 1.165) is 38.1 Å². The number of fused-ring (bicyclic) bond motifs is 1. The van der Waals surface area contributed by atoms with Crippen molar-refractivity contribution in [1.29, 1.82) is 0 Å². The average Bonchev–Trinajstić information content (AvgIpc) is 3.44. The van der Waals surface area contributed by atoms with Gasteiger partial charge in [-0.15, -0.1) is 15.3 Å². The number of hydrogen-bond donors (Lipinski definition) is 2. The van der Waals surface area contributed by atoms with Gasteiger partial charge in [-0.2, -0.15) is 17.7 Å². The van der Waals surface area contributed by atoms with Crippen LogP contribution in [0.3, 0.4) is 0 Å². The fraction of sp³-hybridized carbons (Fsp3) is 0.393. The minimum absolute atomic E-state index is 0.0233. The van der Waals surface area contributed by atoms with Crippen LogP contribution in [0.25, 0.3) is 17.0 Å². The van der Waals surface area contributed by atoms with Crippen molar-refractivity contribution in [3.63, 3.8) is 0 Å². The Morgan fingerprint density at radius 3 is 2.45 bits per heavy atom. The third-order valence-electron chi connectivity index (χ3n) is 7.39. The van der Waals surface area contributed by atoms with Crippen molar-refractivity contribution in [2.24, 2.45) is 0 Å². The normalized spacial score (nSPS) is 19.5. The first kappa shape index (κ1) is 27.8. The molecule has 4 aromatic rings. The van der Waals surface area contributed by atoms with E-state index in [-0.39, 0.29) is 35.4 Å². The molecular formula is C28H29F3N8O3. The smallest absolute Gasteiger partial charge is 0.417 e. The van der Waals surface area contributed by atoms with Gasteiger partial charge in [-0.25, -0.2) is 10.5 Å². The Hall–Kier alpha value is -4.30. The molecule has 0 atom stereocenters. The molecule has 0 unspecified atom stereocenters. The molecule has 14 heteroatoms. The molecule has 2 fully saturated rings. The van der Waals surface area contributed by atoms with Crippen LogP contribution in [-0.2, 0) is 11.0 Å². The fourth-order valence-corrected chi connectivity index (χ4v) is 5.16. The minimum Gasteiger partial charge on any atom is -0.473 e. The highest BCUT2D eigenvalue weighted by Crippen LogP contribution is 2.36. The lowest BCUT2D eigenvalue weighted by molar-refractivity contribution is -0.137. The molecule has 1 saturated heterocycles. The molecule has 0 radical (unpaired) electrons. The number of piperazine rings is 1. The first-order chi connectivity index (χ1) is 20.3. The van der Waals surface area contributed by atoms with E-state index in [9.17, 15) is 18.0 Å². The Kier molecular flexibility index (Phi) is 7.89. The summed E-state index contributed by atoms with van der Waals surface area (Å²) in [6.07, 6.45) is -0.777. The van der Waals surface area contributed by atoms with Gasteiger partial charge in [0.2, 0.25) is 5.88 Å². The maximum absolute atomic E-state index is 13.6. The van der Waals surface area contributed by atoms with Crippen molar-refractivity contribution in [1.82, 2.24) is 35.6 Å². The highest BCUT2D eigenvalue weighted by atomic mass is 19.4. The van der Waals surface area contributed by atoms with Gasteiger partial charge >= 0.3 is 6.18 Å². The third-order valence-corrected chi connectivity index (χ3v) is 7.39. The molecule has 4 heterocycles. The second-order valence-corrected chi connectivity index (χ2v) is 10.2. The van der Waals surface area contributed by atoms with Crippen LogP contribution >= 0.6 is 0 Å². The number of nitrogens with one attached hydrogen (secondary N) is 2. The molecule has 1 amide bonds. The molecule has 42 heavy (non-hydrogen) atoms. The lowest BCUT2D eigenvalue weighted by Gasteiger charge is -2.28. The zero-order valence-electron chi connectivity index (χ0n) is 22.5. The third kappa shape index (κ3) is 6.14. The van der Waals surface area contributed by atoms with E-state index >= 15 is 0 Å². The number of anilines is 1. The van der Waals surface area contributed by atoms with Crippen molar-refractivity contribution in [3.8, 4) is 17.3 Å². The molecule has 220 valence electrons. The van der Waals surface area contributed by atoms with E-state index < -0.39 is 11.7 Å². The number of amides is 1. The zero-order valence-corrected chi connectivity index (χ0v) is 22.5. The van der Waals surface area contributed by atoms with Crippen molar-refractivity contribution in [2.45, 2.75) is 44.1 Å². The van der Waals surface area contributed by atoms with E-state index in [1.165, 1.54) is 22.7 Å².